The summed E-state index contributed by atoms with van der Waals surface area (Å²) >= 11 is 0. The fourth-order valence-electron chi connectivity index (χ4n) is 3.23. The number of amides is 1. The Morgan fingerprint density at radius 1 is 1.08 bits per heavy atom. The number of nitrogens with one attached hydrogen (secondary N) is 1. The zero-order chi connectivity index (χ0) is 26.2. The Bertz CT molecular complexity index is 1270. The van der Waals surface area contributed by atoms with Crippen LogP contribution in [-0.2, 0) is 9.53 Å². The summed E-state index contributed by atoms with van der Waals surface area (Å²) in [7, 11) is 0. The van der Waals surface area contributed by atoms with Gasteiger partial charge < -0.3 is 10.1 Å². The number of carbonyl (C=O) groups is 1. The predicted octanol–water partition coefficient (Wildman–Crippen LogP) is 6.68. The second kappa shape index (κ2) is 15.4. The highest BCUT2D eigenvalue weighted by atomic mass is 16.5. The van der Waals surface area contributed by atoms with Gasteiger partial charge in [0.25, 0.3) is 0 Å². The van der Waals surface area contributed by atoms with Gasteiger partial charge in [0.05, 0.1) is 11.3 Å². The van der Waals surface area contributed by atoms with E-state index < -0.39 is 0 Å². The molecule has 1 N–H and O–H groups in total. The van der Waals surface area contributed by atoms with E-state index in [-0.39, 0.29) is 5.91 Å². The molecule has 0 saturated heterocycles. The quantitative estimate of drug-likeness (QED) is 0.198. The van der Waals surface area contributed by atoms with Gasteiger partial charge in [-0.1, -0.05) is 74.4 Å². The van der Waals surface area contributed by atoms with Crippen LogP contribution in [0.15, 0.2) is 123 Å². The summed E-state index contributed by atoms with van der Waals surface area (Å²) < 4.78 is 5.74. The second-order valence-corrected chi connectivity index (χ2v) is 7.56. The first kappa shape index (κ1) is 27.7. The number of carbonyl (C=O) groups excluding carboxylic acids is 1. The van der Waals surface area contributed by atoms with Gasteiger partial charge in [-0.2, -0.15) is 0 Å². The van der Waals surface area contributed by atoms with E-state index in [0.29, 0.717) is 13.2 Å². The predicted molar refractivity (Wildman–Crippen MR) is 152 cm³/mol. The smallest absolute Gasteiger partial charge is 0.243 e. The molecule has 1 aromatic carbocycles. The van der Waals surface area contributed by atoms with Crippen LogP contribution in [0.25, 0.3) is 22.0 Å². The van der Waals surface area contributed by atoms with Gasteiger partial charge in [0.2, 0.25) is 5.91 Å². The molecule has 36 heavy (non-hydrogen) atoms. The van der Waals surface area contributed by atoms with Crippen molar-refractivity contribution in [2.24, 2.45) is 0 Å². The summed E-state index contributed by atoms with van der Waals surface area (Å²) in [5.74, 6) is 0.550. The molecule has 0 saturated carbocycles. The maximum absolute atomic E-state index is 11.6. The largest absolute Gasteiger partial charge is 0.494 e. The van der Waals surface area contributed by atoms with Gasteiger partial charge in [-0.25, -0.2) is 9.97 Å². The van der Waals surface area contributed by atoms with Crippen molar-refractivity contribution in [3.8, 4) is 0 Å². The average molecular weight is 480 g/mol. The topological polar surface area (TPSA) is 64.1 Å². The molecule has 0 spiro atoms. The molecule has 0 unspecified atom stereocenters. The van der Waals surface area contributed by atoms with E-state index in [4.69, 9.17) is 4.74 Å². The molecule has 184 valence electrons. The second-order valence-electron chi connectivity index (χ2n) is 7.56. The summed E-state index contributed by atoms with van der Waals surface area (Å²) in [6, 6.07) is 4.09. The van der Waals surface area contributed by atoms with E-state index in [0.717, 1.165) is 38.9 Å². The molecular formula is C31H33N3O2. The van der Waals surface area contributed by atoms with Gasteiger partial charge in [-0.15, -0.1) is 0 Å². The minimum Gasteiger partial charge on any atom is -0.494 e. The van der Waals surface area contributed by atoms with Crippen molar-refractivity contribution < 1.29 is 9.53 Å². The first-order valence-corrected chi connectivity index (χ1v) is 11.6. The van der Waals surface area contributed by atoms with E-state index in [1.807, 2.05) is 74.6 Å². The highest BCUT2D eigenvalue weighted by Gasteiger charge is 2.10. The van der Waals surface area contributed by atoms with E-state index in [9.17, 15) is 4.79 Å². The molecule has 1 aromatic heterocycles. The Balaban J connectivity index is 2.50. The monoisotopic (exact) mass is 479 g/mol. The first-order chi connectivity index (χ1) is 17.5. The third-order valence-corrected chi connectivity index (χ3v) is 5.01. The van der Waals surface area contributed by atoms with Crippen LogP contribution in [0.3, 0.4) is 0 Å². The van der Waals surface area contributed by atoms with E-state index in [1.54, 1.807) is 18.3 Å². The fraction of sp³-hybridized carbons (Fsp3) is 0.129. The molecule has 0 aliphatic carbocycles. The normalized spacial score (nSPS) is 13.0. The fourth-order valence-corrected chi connectivity index (χ4v) is 3.23. The van der Waals surface area contributed by atoms with Crippen LogP contribution in [0.4, 0.5) is 0 Å². The molecule has 0 radical (unpaired) electrons. The van der Waals surface area contributed by atoms with Gasteiger partial charge in [0, 0.05) is 23.7 Å². The number of aromatic nitrogens is 2. The molecule has 2 aromatic rings. The zero-order valence-electron chi connectivity index (χ0n) is 21.0. The number of allylic oxidation sites excluding steroid dienone is 12. The number of ether oxygens (including phenoxy) is 1. The van der Waals surface area contributed by atoms with Crippen LogP contribution in [-0.4, -0.2) is 29.0 Å². The molecule has 1 heterocycles. The summed E-state index contributed by atoms with van der Waals surface area (Å²) in [4.78, 5) is 20.4. The number of rotatable bonds is 13. The molecule has 0 aliphatic rings. The maximum atomic E-state index is 11.6. The Kier molecular flexibility index (Phi) is 11.9. The van der Waals surface area contributed by atoms with Gasteiger partial charge in [0.1, 0.15) is 12.9 Å². The maximum Gasteiger partial charge on any atom is 0.243 e. The van der Waals surface area contributed by atoms with E-state index in [1.165, 1.54) is 12.4 Å². The number of fused-ring (bicyclic) bond motifs is 1. The Hall–Kier alpha value is -4.51. The van der Waals surface area contributed by atoms with Crippen LogP contribution < -0.4 is 5.32 Å². The first-order valence-electron chi connectivity index (χ1n) is 11.6. The number of nitrogens with zero attached hydrogens (tertiary/aromatic N) is 2. The Morgan fingerprint density at radius 3 is 2.64 bits per heavy atom. The van der Waals surface area contributed by atoms with Crippen LogP contribution in [0.5, 0.6) is 0 Å². The number of hydrogen-bond donors (Lipinski definition) is 1. The molecule has 2 rings (SSSR count). The van der Waals surface area contributed by atoms with Crippen molar-refractivity contribution in [3.63, 3.8) is 0 Å². The van der Waals surface area contributed by atoms with Crippen molar-refractivity contribution in [3.05, 3.63) is 134 Å². The summed E-state index contributed by atoms with van der Waals surface area (Å²) in [5.41, 5.74) is 4.45. The van der Waals surface area contributed by atoms with Gasteiger partial charge >= 0.3 is 0 Å². The van der Waals surface area contributed by atoms with Gasteiger partial charge in [-0.05, 0) is 60.9 Å². The SMILES string of the molecule is C=C/C=C\C(=C/CNC(=O)C=C)c1cc(/C(C=C)=C/C=C(\C)OC/C=C\C=C/C)cc2cncnc12. The molecule has 0 aliphatic heterocycles. The Labute approximate surface area is 214 Å². The van der Waals surface area contributed by atoms with E-state index >= 15 is 0 Å². The number of hydrogen-bond acceptors (Lipinski definition) is 4. The van der Waals surface area contributed by atoms with Crippen LogP contribution in [0.1, 0.15) is 25.0 Å². The molecule has 0 fully saturated rings. The summed E-state index contributed by atoms with van der Waals surface area (Å²) in [6.45, 7) is 16.0. The summed E-state index contributed by atoms with van der Waals surface area (Å²) in [6.07, 6.45) is 25.5. The van der Waals surface area contributed by atoms with Crippen LogP contribution >= 0.6 is 0 Å². The summed E-state index contributed by atoms with van der Waals surface area (Å²) in [5, 5.41) is 3.67. The number of benzene rings is 1. The highest BCUT2D eigenvalue weighted by Crippen LogP contribution is 2.29. The van der Waals surface area contributed by atoms with Crippen molar-refractivity contribution >= 4 is 28.0 Å². The lowest BCUT2D eigenvalue weighted by Crippen LogP contribution is -2.20. The van der Waals surface area contributed by atoms with Crippen molar-refractivity contribution in [1.29, 1.82) is 0 Å². The molecule has 1 amide bonds. The van der Waals surface area contributed by atoms with Crippen molar-refractivity contribution in [2.45, 2.75) is 13.8 Å². The molecule has 0 atom stereocenters. The third kappa shape index (κ3) is 8.69. The van der Waals surface area contributed by atoms with Crippen LogP contribution in [0, 0.1) is 0 Å². The van der Waals surface area contributed by atoms with Gasteiger partial charge in [0.15, 0.2) is 0 Å². The minimum absolute atomic E-state index is 0.238. The lowest BCUT2D eigenvalue weighted by molar-refractivity contribution is -0.116. The Morgan fingerprint density at radius 2 is 1.92 bits per heavy atom. The standard InChI is InChI=1S/C31H33N3O2/c1-6-10-12-13-19-36-24(5)15-16-25(8-3)27-20-28-22-32-23-34-31(28)29(21-27)26(14-11-7-2)17-18-33-30(35)9-4/h6-17,20-23H,2-4,18-19H2,1,5H3,(H,33,35)/b10-6-,13-12-,14-11-,24-15+,25-16+,26-17+. The van der Waals surface area contributed by atoms with Gasteiger partial charge in [-0.3, -0.25) is 4.79 Å². The lowest BCUT2D eigenvalue weighted by Gasteiger charge is -2.12. The minimum atomic E-state index is -0.238. The molecule has 5 nitrogen and oxygen atoms in total. The molecular weight excluding hydrogens is 446 g/mol. The van der Waals surface area contributed by atoms with E-state index in [2.05, 4.69) is 41.1 Å². The van der Waals surface area contributed by atoms with Crippen molar-refractivity contribution in [2.75, 3.05) is 13.2 Å². The molecule has 0 bridgehead atoms. The average Bonchev–Trinajstić information content (AvgIpc) is 2.90. The molecule has 5 heteroatoms. The zero-order valence-corrected chi connectivity index (χ0v) is 21.0. The lowest BCUT2D eigenvalue weighted by atomic mass is 9.95. The third-order valence-electron chi connectivity index (χ3n) is 5.01. The van der Waals surface area contributed by atoms with Crippen molar-refractivity contribution in [1.82, 2.24) is 15.3 Å². The highest BCUT2D eigenvalue weighted by molar-refractivity contribution is 5.96. The van der Waals surface area contributed by atoms with Crippen LogP contribution in [0.2, 0.25) is 0 Å².